The van der Waals surface area contributed by atoms with Gasteiger partial charge in [-0.15, -0.1) is 0 Å². The molecule has 0 spiro atoms. The number of anilines is 1. The van der Waals surface area contributed by atoms with Crippen molar-refractivity contribution in [2.24, 2.45) is 11.7 Å². The fourth-order valence-electron chi connectivity index (χ4n) is 3.32. The summed E-state index contributed by atoms with van der Waals surface area (Å²) in [6.45, 7) is 2.66. The molecule has 1 fully saturated rings. The zero-order valence-electron chi connectivity index (χ0n) is 17.3. The van der Waals surface area contributed by atoms with Gasteiger partial charge in [0.2, 0.25) is 5.91 Å². The highest BCUT2D eigenvalue weighted by Crippen LogP contribution is 2.23. The highest BCUT2D eigenvalue weighted by molar-refractivity contribution is 5.92. The van der Waals surface area contributed by atoms with Crippen molar-refractivity contribution >= 4 is 23.6 Å². The van der Waals surface area contributed by atoms with E-state index in [0.29, 0.717) is 48.4 Å². The molecule has 2 aromatic rings. The first-order valence-electron chi connectivity index (χ1n) is 10.0. The summed E-state index contributed by atoms with van der Waals surface area (Å²) in [4.78, 5) is 41.6. The number of esters is 1. The molecule has 2 heterocycles. The van der Waals surface area contributed by atoms with Crippen LogP contribution < -0.4 is 16.0 Å². The van der Waals surface area contributed by atoms with Gasteiger partial charge in [-0.25, -0.2) is 9.37 Å². The fourth-order valence-corrected chi connectivity index (χ4v) is 3.32. The van der Waals surface area contributed by atoms with Crippen molar-refractivity contribution in [1.82, 2.24) is 10.3 Å². The molecule has 3 N–H and O–H groups in total. The van der Waals surface area contributed by atoms with Gasteiger partial charge in [0.1, 0.15) is 11.6 Å². The van der Waals surface area contributed by atoms with Crippen LogP contribution in [-0.2, 0) is 20.9 Å². The number of primary amides is 1. The molecule has 0 aliphatic carbocycles. The first-order chi connectivity index (χ1) is 14.8. The largest absolute Gasteiger partial charge is 0.455 e. The molecular weight excluding hydrogens is 403 g/mol. The molecule has 0 saturated carbocycles. The predicted octanol–water partition coefficient (Wildman–Crippen LogP) is 1.70. The average Bonchev–Trinajstić information content (AvgIpc) is 2.78. The summed E-state index contributed by atoms with van der Waals surface area (Å²) in [7, 11) is 0. The van der Waals surface area contributed by atoms with Gasteiger partial charge in [-0.1, -0.05) is 12.1 Å². The smallest absolute Gasteiger partial charge is 0.309 e. The van der Waals surface area contributed by atoms with E-state index >= 15 is 0 Å². The maximum atomic E-state index is 13.5. The minimum absolute atomic E-state index is 0.160. The molecule has 1 aliphatic heterocycles. The van der Waals surface area contributed by atoms with Gasteiger partial charge in [0.15, 0.2) is 6.61 Å². The molecule has 1 aliphatic rings. The zero-order chi connectivity index (χ0) is 22.4. The molecule has 1 aromatic heterocycles. The maximum Gasteiger partial charge on any atom is 0.309 e. The van der Waals surface area contributed by atoms with E-state index in [1.807, 2.05) is 4.90 Å². The Labute approximate surface area is 179 Å². The molecule has 1 aromatic carbocycles. The second kappa shape index (κ2) is 10.0. The number of rotatable bonds is 7. The van der Waals surface area contributed by atoms with E-state index in [0.717, 1.165) is 0 Å². The zero-order valence-corrected chi connectivity index (χ0v) is 17.3. The van der Waals surface area contributed by atoms with Gasteiger partial charge in [0.05, 0.1) is 11.5 Å². The highest BCUT2D eigenvalue weighted by atomic mass is 19.1. The van der Waals surface area contributed by atoms with E-state index in [-0.39, 0.29) is 24.9 Å². The number of benzene rings is 1. The third-order valence-electron chi connectivity index (χ3n) is 5.26. The number of nitrogens with one attached hydrogen (secondary N) is 1. The number of hydrogen-bond donors (Lipinski definition) is 2. The van der Waals surface area contributed by atoms with E-state index in [2.05, 4.69) is 10.3 Å². The lowest BCUT2D eigenvalue weighted by Crippen LogP contribution is -2.38. The normalized spacial score (nSPS) is 14.2. The number of aryl methyl sites for hydroxylation is 1. The number of carbonyl (C=O) groups excluding carboxylic acids is 3. The van der Waals surface area contributed by atoms with Gasteiger partial charge in [-0.2, -0.15) is 0 Å². The number of amides is 2. The number of halogens is 1. The Morgan fingerprint density at radius 1 is 1.23 bits per heavy atom. The first kappa shape index (κ1) is 22.2. The molecule has 0 radical (unpaired) electrons. The molecule has 2 amide bonds. The van der Waals surface area contributed by atoms with E-state index < -0.39 is 17.8 Å². The molecule has 31 heavy (non-hydrogen) atoms. The van der Waals surface area contributed by atoms with Crippen molar-refractivity contribution in [3.63, 3.8) is 0 Å². The average molecular weight is 428 g/mol. The van der Waals surface area contributed by atoms with Gasteiger partial charge < -0.3 is 20.7 Å². The Balaban J connectivity index is 1.39. The Morgan fingerprint density at radius 3 is 2.58 bits per heavy atom. The summed E-state index contributed by atoms with van der Waals surface area (Å²) in [5.41, 5.74) is 6.72. The third-order valence-corrected chi connectivity index (χ3v) is 5.26. The predicted molar refractivity (Wildman–Crippen MR) is 112 cm³/mol. The minimum atomic E-state index is -0.532. The van der Waals surface area contributed by atoms with Gasteiger partial charge in [0.25, 0.3) is 5.91 Å². The fraction of sp³-hybridized carbons (Fsp3) is 0.364. The van der Waals surface area contributed by atoms with E-state index in [9.17, 15) is 18.8 Å². The molecule has 8 nitrogen and oxygen atoms in total. The van der Waals surface area contributed by atoms with Crippen molar-refractivity contribution in [3.05, 3.63) is 59.0 Å². The topological polar surface area (TPSA) is 115 Å². The van der Waals surface area contributed by atoms with Crippen LogP contribution >= 0.6 is 0 Å². The third kappa shape index (κ3) is 6.00. The maximum absolute atomic E-state index is 13.5. The Morgan fingerprint density at radius 2 is 1.97 bits per heavy atom. The van der Waals surface area contributed by atoms with Crippen LogP contribution in [0.2, 0.25) is 0 Å². The van der Waals surface area contributed by atoms with Crippen molar-refractivity contribution in [2.45, 2.75) is 26.3 Å². The van der Waals surface area contributed by atoms with Crippen LogP contribution in [0.4, 0.5) is 10.2 Å². The van der Waals surface area contributed by atoms with Crippen LogP contribution in [0.3, 0.4) is 0 Å². The SMILES string of the molecule is Cc1ccc(CNC(=O)COC(=O)C2CCN(c3ccc(C(N)=O)cn3)CC2)cc1F. The number of nitrogens with zero attached hydrogens (tertiary/aromatic N) is 2. The van der Waals surface area contributed by atoms with E-state index in [1.54, 1.807) is 31.2 Å². The van der Waals surface area contributed by atoms with Gasteiger partial charge in [-0.3, -0.25) is 14.4 Å². The summed E-state index contributed by atoms with van der Waals surface area (Å²) in [5, 5.41) is 2.61. The summed E-state index contributed by atoms with van der Waals surface area (Å²) in [5.74, 6) is -1.29. The monoisotopic (exact) mass is 428 g/mol. The number of aromatic nitrogens is 1. The summed E-state index contributed by atoms with van der Waals surface area (Å²) < 4.78 is 18.7. The number of piperidine rings is 1. The lowest BCUT2D eigenvalue weighted by Gasteiger charge is -2.31. The Kier molecular flexibility index (Phi) is 7.17. The molecule has 9 heteroatoms. The molecule has 0 bridgehead atoms. The minimum Gasteiger partial charge on any atom is -0.455 e. The molecular formula is C22H25FN4O4. The molecule has 0 unspecified atom stereocenters. The summed E-state index contributed by atoms with van der Waals surface area (Å²) in [6, 6.07) is 8.09. The van der Waals surface area contributed by atoms with Crippen molar-refractivity contribution < 1.29 is 23.5 Å². The number of pyridine rings is 1. The lowest BCUT2D eigenvalue weighted by atomic mass is 9.97. The second-order valence-corrected chi connectivity index (χ2v) is 7.50. The van der Waals surface area contributed by atoms with Gasteiger partial charge in [-0.05, 0) is 49.1 Å². The molecule has 3 rings (SSSR count). The second-order valence-electron chi connectivity index (χ2n) is 7.50. The molecule has 164 valence electrons. The number of carbonyl (C=O) groups is 3. The highest BCUT2D eigenvalue weighted by Gasteiger charge is 2.27. The van der Waals surface area contributed by atoms with Gasteiger partial charge >= 0.3 is 5.97 Å². The summed E-state index contributed by atoms with van der Waals surface area (Å²) >= 11 is 0. The molecule has 0 atom stereocenters. The van der Waals surface area contributed by atoms with E-state index in [1.165, 1.54) is 12.3 Å². The quantitative estimate of drug-likeness (QED) is 0.649. The van der Waals surface area contributed by atoms with Crippen LogP contribution in [-0.4, -0.2) is 42.5 Å². The van der Waals surface area contributed by atoms with Crippen LogP contribution in [0.1, 0.15) is 34.3 Å². The first-order valence-corrected chi connectivity index (χ1v) is 10.0. The number of nitrogens with two attached hydrogens (primary N) is 1. The Bertz CT molecular complexity index is 956. The van der Waals surface area contributed by atoms with Crippen LogP contribution in [0.15, 0.2) is 36.5 Å². The summed E-state index contributed by atoms with van der Waals surface area (Å²) in [6.07, 6.45) is 2.58. The molecule has 1 saturated heterocycles. The van der Waals surface area contributed by atoms with Gasteiger partial charge in [0, 0.05) is 25.8 Å². The number of hydrogen-bond acceptors (Lipinski definition) is 6. The van der Waals surface area contributed by atoms with Crippen LogP contribution in [0.5, 0.6) is 0 Å². The van der Waals surface area contributed by atoms with Crippen LogP contribution in [0.25, 0.3) is 0 Å². The van der Waals surface area contributed by atoms with Crippen molar-refractivity contribution in [3.8, 4) is 0 Å². The van der Waals surface area contributed by atoms with Crippen molar-refractivity contribution in [2.75, 3.05) is 24.6 Å². The lowest BCUT2D eigenvalue weighted by molar-refractivity contribution is -0.153. The van der Waals surface area contributed by atoms with Crippen molar-refractivity contribution in [1.29, 1.82) is 0 Å². The standard InChI is InChI=1S/C22H25FN4O4/c1-14-2-3-15(10-18(14)23)11-26-20(28)13-31-22(30)16-6-8-27(9-7-16)19-5-4-17(12-25-19)21(24)29/h2-5,10,12,16H,6-9,11,13H2,1H3,(H2,24,29)(H,26,28). The van der Waals surface area contributed by atoms with E-state index in [4.69, 9.17) is 10.5 Å². The van der Waals surface area contributed by atoms with Crippen LogP contribution in [0, 0.1) is 18.7 Å². The number of ether oxygens (including phenoxy) is 1. The Hall–Kier alpha value is -3.49.